The molecule has 0 amide bonds. The summed E-state index contributed by atoms with van der Waals surface area (Å²) in [7, 11) is -3.51. The van der Waals surface area contributed by atoms with Crippen LogP contribution >= 0.6 is 34.2 Å². The van der Waals surface area contributed by atoms with Crippen LogP contribution in [0.2, 0.25) is 5.02 Å². The molecule has 1 aliphatic rings. The molecular weight excluding hydrogens is 469 g/mol. The zero-order chi connectivity index (χ0) is 17.9. The van der Waals surface area contributed by atoms with Gasteiger partial charge in [0.15, 0.2) is 0 Å². The number of aryl methyl sites for hydroxylation is 1. The molecule has 1 N–H and O–H groups in total. The molecule has 2 aromatic rings. The van der Waals surface area contributed by atoms with E-state index in [1.807, 2.05) is 0 Å². The zero-order valence-corrected chi connectivity index (χ0v) is 17.6. The van der Waals surface area contributed by atoms with Crippen molar-refractivity contribution in [3.63, 3.8) is 0 Å². The van der Waals surface area contributed by atoms with Crippen LogP contribution in [-0.4, -0.2) is 18.9 Å². The van der Waals surface area contributed by atoms with E-state index in [1.54, 1.807) is 24.3 Å². The van der Waals surface area contributed by atoms with Crippen molar-refractivity contribution < 1.29 is 8.42 Å². The molecule has 0 fully saturated rings. The van der Waals surface area contributed by atoms with E-state index in [1.165, 1.54) is 23.1 Å². The fraction of sp³-hybridized carbons (Fsp3) is 0.368. The maximum absolute atomic E-state index is 12.6. The van der Waals surface area contributed by atoms with Crippen molar-refractivity contribution >= 4 is 44.2 Å². The number of benzene rings is 2. The number of rotatable bonds is 6. The van der Waals surface area contributed by atoms with Crippen LogP contribution in [0.5, 0.6) is 0 Å². The lowest BCUT2D eigenvalue weighted by atomic mass is 9.85. The third-order valence-electron chi connectivity index (χ3n) is 4.60. The molecular formula is C19H21ClINO2S. The molecule has 0 aromatic heterocycles. The minimum Gasteiger partial charge on any atom is -0.208 e. The summed E-state index contributed by atoms with van der Waals surface area (Å²) in [4.78, 5) is 0.262. The third kappa shape index (κ3) is 4.76. The molecule has 0 bridgehead atoms. The Labute approximate surface area is 168 Å². The van der Waals surface area contributed by atoms with Gasteiger partial charge in [0.1, 0.15) is 0 Å². The number of fused-ring (bicyclic) bond motifs is 1. The van der Waals surface area contributed by atoms with Gasteiger partial charge in [0.2, 0.25) is 10.0 Å². The topological polar surface area (TPSA) is 46.2 Å². The van der Waals surface area contributed by atoms with E-state index >= 15 is 0 Å². The van der Waals surface area contributed by atoms with Gasteiger partial charge in [-0.3, -0.25) is 0 Å². The van der Waals surface area contributed by atoms with Crippen molar-refractivity contribution in [2.45, 2.75) is 43.0 Å². The van der Waals surface area contributed by atoms with Crippen LogP contribution < -0.4 is 4.72 Å². The highest BCUT2D eigenvalue weighted by atomic mass is 127. The van der Waals surface area contributed by atoms with Crippen molar-refractivity contribution in [1.82, 2.24) is 4.72 Å². The lowest BCUT2D eigenvalue weighted by Gasteiger charge is -2.27. The van der Waals surface area contributed by atoms with E-state index in [0.717, 1.165) is 30.1 Å². The second-order valence-electron chi connectivity index (χ2n) is 6.36. The highest BCUT2D eigenvalue weighted by Crippen LogP contribution is 2.27. The number of halogens is 2. The highest BCUT2D eigenvalue weighted by Gasteiger charge is 2.25. The predicted octanol–water partition coefficient (Wildman–Crippen LogP) is 4.54. The molecule has 1 atom stereocenters. The maximum atomic E-state index is 12.6. The Kier molecular flexibility index (Phi) is 6.41. The fourth-order valence-corrected chi connectivity index (χ4v) is 5.16. The van der Waals surface area contributed by atoms with Crippen LogP contribution in [0.1, 0.15) is 29.5 Å². The van der Waals surface area contributed by atoms with Gasteiger partial charge in [0.25, 0.3) is 0 Å². The van der Waals surface area contributed by atoms with Crippen LogP contribution in [0, 0.1) is 0 Å². The summed E-state index contributed by atoms with van der Waals surface area (Å²) in [6, 6.07) is 12.7. The molecule has 134 valence electrons. The van der Waals surface area contributed by atoms with Crippen LogP contribution in [-0.2, 0) is 29.3 Å². The lowest BCUT2D eigenvalue weighted by Crippen LogP contribution is -2.39. The molecule has 0 saturated heterocycles. The van der Waals surface area contributed by atoms with Gasteiger partial charge in [0.05, 0.1) is 4.90 Å². The summed E-state index contributed by atoms with van der Waals surface area (Å²) in [5.41, 5.74) is 4.13. The molecule has 0 saturated carbocycles. The van der Waals surface area contributed by atoms with Crippen LogP contribution in [0.15, 0.2) is 47.4 Å². The van der Waals surface area contributed by atoms with Gasteiger partial charge in [0, 0.05) is 11.1 Å². The number of alkyl halides is 1. The molecule has 0 radical (unpaired) electrons. The Bertz CT molecular complexity index is 837. The number of hydrogen-bond acceptors (Lipinski definition) is 2. The van der Waals surface area contributed by atoms with E-state index in [2.05, 4.69) is 45.5 Å². The number of hydrogen-bond donors (Lipinski definition) is 1. The zero-order valence-electron chi connectivity index (χ0n) is 13.8. The third-order valence-corrected chi connectivity index (χ3v) is 7.16. The standard InChI is InChI=1S/C19H21ClINO2S/c20-16-6-9-18(10-7-16)25(23,24)22-17-8-11-19-14(5-2-12-21)3-1-4-15(19)13-17/h1,3-4,6-7,9-10,17,22H,2,5,8,11-13H2. The second-order valence-corrected chi connectivity index (χ2v) is 9.59. The van der Waals surface area contributed by atoms with E-state index < -0.39 is 10.0 Å². The van der Waals surface area contributed by atoms with Crippen molar-refractivity contribution in [1.29, 1.82) is 0 Å². The summed E-state index contributed by atoms with van der Waals surface area (Å²) >= 11 is 8.26. The molecule has 6 heteroatoms. The predicted molar refractivity (Wildman–Crippen MR) is 111 cm³/mol. The first kappa shape index (κ1) is 19.1. The monoisotopic (exact) mass is 489 g/mol. The van der Waals surface area contributed by atoms with Crippen molar-refractivity contribution in [2.24, 2.45) is 0 Å². The first-order valence-electron chi connectivity index (χ1n) is 8.43. The van der Waals surface area contributed by atoms with Crippen LogP contribution in [0.3, 0.4) is 0 Å². The second kappa shape index (κ2) is 8.37. The minimum absolute atomic E-state index is 0.0620. The summed E-state index contributed by atoms with van der Waals surface area (Å²) in [5, 5.41) is 0.532. The lowest BCUT2D eigenvalue weighted by molar-refractivity contribution is 0.506. The largest absolute Gasteiger partial charge is 0.240 e. The SMILES string of the molecule is O=S(=O)(NC1CCc2c(CCCI)cccc2C1)c1ccc(Cl)cc1. The van der Waals surface area contributed by atoms with Gasteiger partial charge in [-0.25, -0.2) is 13.1 Å². The van der Waals surface area contributed by atoms with E-state index in [4.69, 9.17) is 11.6 Å². The average molecular weight is 490 g/mol. The molecule has 3 rings (SSSR count). The maximum Gasteiger partial charge on any atom is 0.240 e. The van der Waals surface area contributed by atoms with Crippen molar-refractivity contribution in [2.75, 3.05) is 4.43 Å². The van der Waals surface area contributed by atoms with Gasteiger partial charge in [-0.2, -0.15) is 0 Å². The normalized spacial score (nSPS) is 17.3. The Balaban J connectivity index is 1.74. The summed E-state index contributed by atoms with van der Waals surface area (Å²) in [6.07, 6.45) is 4.80. The highest BCUT2D eigenvalue weighted by molar-refractivity contribution is 14.1. The first-order valence-corrected chi connectivity index (χ1v) is 11.8. The molecule has 2 aromatic carbocycles. The van der Waals surface area contributed by atoms with Gasteiger partial charge < -0.3 is 0 Å². The van der Waals surface area contributed by atoms with Gasteiger partial charge in [-0.1, -0.05) is 52.4 Å². The molecule has 3 nitrogen and oxygen atoms in total. The van der Waals surface area contributed by atoms with E-state index in [9.17, 15) is 8.42 Å². The summed E-state index contributed by atoms with van der Waals surface area (Å²) in [5.74, 6) is 0. The molecule has 1 aliphatic carbocycles. The van der Waals surface area contributed by atoms with E-state index in [0.29, 0.717) is 5.02 Å². The van der Waals surface area contributed by atoms with Crippen molar-refractivity contribution in [3.05, 3.63) is 64.2 Å². The minimum atomic E-state index is -3.51. The quantitative estimate of drug-likeness (QED) is 0.478. The Morgan fingerprint density at radius 2 is 1.92 bits per heavy atom. The van der Waals surface area contributed by atoms with Crippen LogP contribution in [0.4, 0.5) is 0 Å². The molecule has 0 aliphatic heterocycles. The Hall–Kier alpha value is -0.630. The molecule has 0 heterocycles. The number of sulfonamides is 1. The summed E-state index contributed by atoms with van der Waals surface area (Å²) in [6.45, 7) is 0. The summed E-state index contributed by atoms with van der Waals surface area (Å²) < 4.78 is 29.2. The van der Waals surface area contributed by atoms with Gasteiger partial charge >= 0.3 is 0 Å². The van der Waals surface area contributed by atoms with Crippen molar-refractivity contribution in [3.8, 4) is 0 Å². The number of nitrogens with one attached hydrogen (secondary N) is 1. The van der Waals surface area contributed by atoms with E-state index in [-0.39, 0.29) is 10.9 Å². The Morgan fingerprint density at radius 3 is 2.64 bits per heavy atom. The Morgan fingerprint density at radius 1 is 1.16 bits per heavy atom. The first-order chi connectivity index (χ1) is 12.0. The van der Waals surface area contributed by atoms with Gasteiger partial charge in [-0.05, 0) is 77.5 Å². The molecule has 0 spiro atoms. The smallest absolute Gasteiger partial charge is 0.208 e. The van der Waals surface area contributed by atoms with Gasteiger partial charge in [-0.15, -0.1) is 0 Å². The van der Waals surface area contributed by atoms with Crippen LogP contribution in [0.25, 0.3) is 0 Å². The molecule has 1 unspecified atom stereocenters. The molecule has 25 heavy (non-hydrogen) atoms. The average Bonchev–Trinajstić information content (AvgIpc) is 2.59. The fourth-order valence-electron chi connectivity index (χ4n) is 3.38.